The first-order valence-corrected chi connectivity index (χ1v) is 13.2. The Labute approximate surface area is 214 Å². The molecule has 1 N–H and O–H groups in total. The van der Waals surface area contributed by atoms with Crippen LogP contribution in [-0.4, -0.2) is 32.8 Å². The zero-order valence-corrected chi connectivity index (χ0v) is 21.7. The van der Waals surface area contributed by atoms with Crippen LogP contribution in [-0.2, 0) is 19.3 Å². The lowest BCUT2D eigenvalue weighted by Crippen LogP contribution is -2.03. The van der Waals surface area contributed by atoms with Crippen molar-refractivity contribution in [2.45, 2.75) is 46.5 Å². The van der Waals surface area contributed by atoms with E-state index >= 15 is 0 Å². The summed E-state index contributed by atoms with van der Waals surface area (Å²) in [5.41, 5.74) is 9.50. The first-order chi connectivity index (χ1) is 17.6. The minimum atomic E-state index is 0.587. The van der Waals surface area contributed by atoms with Gasteiger partial charge in [-0.15, -0.1) is 11.3 Å². The van der Waals surface area contributed by atoms with E-state index in [0.29, 0.717) is 5.56 Å². The molecule has 182 valence electrons. The Kier molecular flexibility index (Phi) is 7.00. The van der Waals surface area contributed by atoms with Gasteiger partial charge in [0.2, 0.25) is 0 Å². The quantitative estimate of drug-likeness (QED) is 0.183. The van der Waals surface area contributed by atoms with Crippen LogP contribution in [0, 0.1) is 6.92 Å². The summed E-state index contributed by atoms with van der Waals surface area (Å²) >= 11 is 1.64. The molecular formula is C29H29N5OS. The largest absolute Gasteiger partial charge is 0.384 e. The molecule has 0 amide bonds. The van der Waals surface area contributed by atoms with Crippen molar-refractivity contribution < 1.29 is 4.79 Å². The lowest BCUT2D eigenvalue weighted by Gasteiger charge is -2.07. The first-order valence-electron chi connectivity index (χ1n) is 12.4. The predicted molar refractivity (Wildman–Crippen MR) is 148 cm³/mol. The van der Waals surface area contributed by atoms with Gasteiger partial charge in [0.15, 0.2) is 0 Å². The Bertz CT molecular complexity index is 1540. The number of aryl methyl sites for hydroxylation is 4. The lowest BCUT2D eigenvalue weighted by molar-refractivity contribution is 0.112. The second kappa shape index (κ2) is 10.5. The number of anilines is 1. The van der Waals surface area contributed by atoms with Crippen molar-refractivity contribution in [1.82, 2.24) is 19.9 Å². The number of fused-ring (bicyclic) bond motifs is 2. The number of pyridine rings is 1. The number of rotatable bonds is 9. The number of aldehydes is 1. The summed E-state index contributed by atoms with van der Waals surface area (Å²) < 4.78 is 1.15. The maximum atomic E-state index is 11.6. The van der Waals surface area contributed by atoms with Crippen molar-refractivity contribution in [3.05, 3.63) is 76.9 Å². The smallest absolute Gasteiger partial charge is 0.150 e. The molecule has 0 saturated carbocycles. The van der Waals surface area contributed by atoms with Crippen molar-refractivity contribution in [3.63, 3.8) is 0 Å². The van der Waals surface area contributed by atoms with Gasteiger partial charge in [-0.25, -0.2) is 9.97 Å². The fraction of sp³-hybridized carbons (Fsp3) is 0.276. The van der Waals surface area contributed by atoms with Crippen LogP contribution in [0.2, 0.25) is 0 Å². The summed E-state index contributed by atoms with van der Waals surface area (Å²) in [6, 6.07) is 12.3. The van der Waals surface area contributed by atoms with Gasteiger partial charge in [-0.3, -0.25) is 14.8 Å². The highest BCUT2D eigenvalue weighted by atomic mass is 32.1. The fourth-order valence-corrected chi connectivity index (χ4v) is 5.50. The van der Waals surface area contributed by atoms with Crippen molar-refractivity contribution in [3.8, 4) is 10.6 Å². The molecule has 0 aliphatic carbocycles. The van der Waals surface area contributed by atoms with E-state index in [2.05, 4.69) is 53.4 Å². The molecule has 0 spiro atoms. The lowest BCUT2D eigenvalue weighted by atomic mass is 10.1. The number of nitrogens with one attached hydrogen (secondary N) is 1. The third-order valence-electron chi connectivity index (χ3n) is 6.35. The highest BCUT2D eigenvalue weighted by Crippen LogP contribution is 2.36. The van der Waals surface area contributed by atoms with E-state index in [4.69, 9.17) is 9.97 Å². The van der Waals surface area contributed by atoms with Crippen LogP contribution in [0.25, 0.3) is 31.8 Å². The van der Waals surface area contributed by atoms with Crippen LogP contribution in [0.5, 0.6) is 0 Å². The highest BCUT2D eigenvalue weighted by molar-refractivity contribution is 7.21. The molecule has 0 saturated heterocycles. The number of nitrogens with zero attached hydrogens (tertiary/aromatic N) is 4. The normalized spacial score (nSPS) is 11.3. The maximum absolute atomic E-state index is 11.6. The standard InChI is InChI=1S/C29H29N5OS/c1-4-21-8-9-23(16-31-21)30-10-6-7-19-11-18(3)27-26(14-19)36-29(34-27)24-12-20(17-35)13-25-28(24)32-15-22(5-2)33-25/h8-9,11-17,30H,4-7,10H2,1-3H3. The molecule has 0 atom stereocenters. The van der Waals surface area contributed by atoms with Crippen LogP contribution in [0.4, 0.5) is 5.69 Å². The molecule has 0 aliphatic rings. The Morgan fingerprint density at radius 2 is 1.81 bits per heavy atom. The maximum Gasteiger partial charge on any atom is 0.150 e. The molecule has 0 bridgehead atoms. The van der Waals surface area contributed by atoms with Crippen molar-refractivity contribution in [2.24, 2.45) is 0 Å². The van der Waals surface area contributed by atoms with Gasteiger partial charge in [-0.05, 0) is 74.1 Å². The van der Waals surface area contributed by atoms with E-state index in [9.17, 15) is 4.79 Å². The predicted octanol–water partition coefficient (Wildman–Crippen LogP) is 6.59. The van der Waals surface area contributed by atoms with Gasteiger partial charge in [0, 0.05) is 29.6 Å². The molecule has 0 aliphatic heterocycles. The van der Waals surface area contributed by atoms with Crippen LogP contribution >= 0.6 is 11.3 Å². The monoisotopic (exact) mass is 495 g/mol. The van der Waals surface area contributed by atoms with Gasteiger partial charge in [0.05, 0.1) is 38.8 Å². The van der Waals surface area contributed by atoms with Gasteiger partial charge in [-0.2, -0.15) is 0 Å². The Balaban J connectivity index is 1.38. The van der Waals surface area contributed by atoms with E-state index in [1.165, 1.54) is 5.56 Å². The number of aromatic nitrogens is 4. The molecular weight excluding hydrogens is 466 g/mol. The Morgan fingerprint density at radius 3 is 2.56 bits per heavy atom. The van der Waals surface area contributed by atoms with Gasteiger partial charge in [-0.1, -0.05) is 19.9 Å². The molecule has 7 heteroatoms. The molecule has 3 aromatic heterocycles. The third kappa shape index (κ3) is 4.97. The second-order valence-electron chi connectivity index (χ2n) is 8.97. The summed E-state index contributed by atoms with van der Waals surface area (Å²) in [5, 5.41) is 4.33. The topological polar surface area (TPSA) is 80.7 Å². The van der Waals surface area contributed by atoms with Crippen molar-refractivity contribution in [1.29, 1.82) is 0 Å². The summed E-state index contributed by atoms with van der Waals surface area (Å²) in [4.78, 5) is 30.4. The molecule has 5 aromatic rings. The number of carbonyl (C=O) groups excluding carboxylic acids is 1. The molecule has 0 radical (unpaired) electrons. The average molecular weight is 496 g/mol. The van der Waals surface area contributed by atoms with Gasteiger partial charge in [0.1, 0.15) is 11.3 Å². The van der Waals surface area contributed by atoms with E-state index < -0.39 is 0 Å². The number of benzene rings is 2. The fourth-order valence-electron chi connectivity index (χ4n) is 4.38. The number of hydrogen-bond donors (Lipinski definition) is 1. The minimum absolute atomic E-state index is 0.587. The van der Waals surface area contributed by atoms with E-state index in [-0.39, 0.29) is 0 Å². The van der Waals surface area contributed by atoms with Crippen molar-refractivity contribution in [2.75, 3.05) is 11.9 Å². The average Bonchev–Trinajstić information content (AvgIpc) is 3.35. The summed E-state index contributed by atoms with van der Waals surface area (Å²) in [5.74, 6) is 0. The van der Waals surface area contributed by atoms with Gasteiger partial charge >= 0.3 is 0 Å². The Hall–Kier alpha value is -3.71. The van der Waals surface area contributed by atoms with Gasteiger partial charge in [0.25, 0.3) is 0 Å². The SMILES string of the molecule is CCc1ccc(NCCCc2cc(C)c3nc(-c4cc(C=O)cc5nc(CC)cnc45)sc3c2)cn1. The molecule has 6 nitrogen and oxygen atoms in total. The molecule has 5 rings (SSSR count). The van der Waals surface area contributed by atoms with Crippen LogP contribution in [0.15, 0.2) is 48.8 Å². The number of hydrogen-bond acceptors (Lipinski definition) is 7. The van der Waals surface area contributed by atoms with Crippen LogP contribution in [0.3, 0.4) is 0 Å². The summed E-state index contributed by atoms with van der Waals surface area (Å²) in [6.07, 6.45) is 8.33. The third-order valence-corrected chi connectivity index (χ3v) is 7.39. The van der Waals surface area contributed by atoms with Gasteiger partial charge < -0.3 is 5.32 Å². The zero-order valence-electron chi connectivity index (χ0n) is 20.8. The second-order valence-corrected chi connectivity index (χ2v) is 10.0. The molecule has 3 heterocycles. The van der Waals surface area contributed by atoms with E-state index in [1.54, 1.807) is 17.4 Å². The Morgan fingerprint density at radius 1 is 0.944 bits per heavy atom. The van der Waals surface area contributed by atoms with E-state index in [1.807, 2.05) is 25.4 Å². The molecule has 2 aromatic carbocycles. The number of thiazole rings is 1. The zero-order chi connectivity index (χ0) is 25.1. The van der Waals surface area contributed by atoms with Crippen LogP contribution in [0.1, 0.15) is 53.1 Å². The van der Waals surface area contributed by atoms with Crippen molar-refractivity contribution >= 4 is 44.6 Å². The van der Waals surface area contributed by atoms with Crippen LogP contribution < -0.4 is 5.32 Å². The molecule has 0 unspecified atom stereocenters. The molecule has 36 heavy (non-hydrogen) atoms. The summed E-state index contributed by atoms with van der Waals surface area (Å²) in [7, 11) is 0. The number of carbonyl (C=O) groups is 1. The minimum Gasteiger partial charge on any atom is -0.384 e. The molecule has 0 fully saturated rings. The van der Waals surface area contributed by atoms with E-state index in [0.717, 1.165) is 93.0 Å². The summed E-state index contributed by atoms with van der Waals surface area (Å²) in [6.45, 7) is 7.16. The first kappa shape index (κ1) is 24.0. The highest BCUT2D eigenvalue weighted by Gasteiger charge is 2.15.